The highest BCUT2D eigenvalue weighted by molar-refractivity contribution is 5.97. The fraction of sp³-hybridized carbons (Fsp3) is 0.250. The van der Waals surface area contributed by atoms with E-state index in [0.29, 0.717) is 36.1 Å². The fourth-order valence-corrected chi connectivity index (χ4v) is 1.94. The van der Waals surface area contributed by atoms with Crippen LogP contribution in [0.2, 0.25) is 0 Å². The number of urea groups is 1. The summed E-state index contributed by atoms with van der Waals surface area (Å²) in [6.07, 6.45) is 0.571. The number of H-pyrrole nitrogens is 2. The van der Waals surface area contributed by atoms with E-state index in [1.54, 1.807) is 18.2 Å². The van der Waals surface area contributed by atoms with Gasteiger partial charge in [0.05, 0.1) is 5.52 Å². The molecule has 0 saturated carbocycles. The first-order valence-corrected chi connectivity index (χ1v) is 7.10. The molecule has 0 fully saturated rings. The van der Waals surface area contributed by atoms with Crippen molar-refractivity contribution in [3.05, 3.63) is 23.8 Å². The molecular weight excluding hydrogens is 316 g/mol. The van der Waals surface area contributed by atoms with Gasteiger partial charge in [-0.25, -0.2) is 9.89 Å². The predicted molar refractivity (Wildman–Crippen MR) is 82.0 cm³/mol. The summed E-state index contributed by atoms with van der Waals surface area (Å²) in [5.41, 5.74) is 1.91. The van der Waals surface area contributed by atoms with Crippen molar-refractivity contribution in [2.75, 3.05) is 18.4 Å². The minimum atomic E-state index is -0.433. The van der Waals surface area contributed by atoms with Crippen LogP contribution in [-0.2, 0) is 0 Å². The standard InChI is InChI=1S/C12H14N10O2/c23-10(7-2-3-8-9(6-7)17-20-16-8)13-4-1-5-14-12(24)15-11-18-21-22-19-11/h2-3,6H,1,4-5H2,(H,13,23)(H,16,17,20)(H3,14,15,18,19,21,22,24). The van der Waals surface area contributed by atoms with E-state index in [1.807, 2.05) is 0 Å². The summed E-state index contributed by atoms with van der Waals surface area (Å²) in [6, 6.07) is 4.65. The molecule has 0 aliphatic heterocycles. The maximum absolute atomic E-state index is 12.0. The molecule has 24 heavy (non-hydrogen) atoms. The van der Waals surface area contributed by atoms with Crippen molar-refractivity contribution in [1.29, 1.82) is 0 Å². The molecule has 0 aliphatic rings. The van der Waals surface area contributed by atoms with Gasteiger partial charge in [0, 0.05) is 18.7 Å². The highest BCUT2D eigenvalue weighted by Gasteiger charge is 2.07. The van der Waals surface area contributed by atoms with Gasteiger partial charge < -0.3 is 10.6 Å². The molecule has 0 saturated heterocycles. The minimum Gasteiger partial charge on any atom is -0.352 e. The zero-order valence-corrected chi connectivity index (χ0v) is 12.4. The van der Waals surface area contributed by atoms with E-state index in [4.69, 9.17) is 0 Å². The quantitative estimate of drug-likeness (QED) is 0.377. The van der Waals surface area contributed by atoms with Crippen LogP contribution in [0.5, 0.6) is 0 Å². The van der Waals surface area contributed by atoms with Gasteiger partial charge in [-0.3, -0.25) is 15.2 Å². The topological polar surface area (TPSA) is 166 Å². The second-order valence-corrected chi connectivity index (χ2v) is 4.78. The first-order chi connectivity index (χ1) is 11.7. The van der Waals surface area contributed by atoms with Crippen LogP contribution in [0.1, 0.15) is 16.8 Å². The van der Waals surface area contributed by atoms with E-state index in [1.165, 1.54) is 0 Å². The summed E-state index contributed by atoms with van der Waals surface area (Å²) in [6.45, 7) is 0.805. The van der Waals surface area contributed by atoms with Gasteiger partial charge >= 0.3 is 6.03 Å². The highest BCUT2D eigenvalue weighted by atomic mass is 16.2. The second-order valence-electron chi connectivity index (χ2n) is 4.78. The molecular formula is C12H14N10O2. The van der Waals surface area contributed by atoms with Crippen LogP contribution >= 0.6 is 0 Å². The highest BCUT2D eigenvalue weighted by Crippen LogP contribution is 2.10. The molecule has 0 radical (unpaired) electrons. The molecule has 0 aliphatic carbocycles. The lowest BCUT2D eigenvalue weighted by atomic mass is 10.2. The zero-order chi connectivity index (χ0) is 16.8. The average Bonchev–Trinajstić information content (AvgIpc) is 3.24. The van der Waals surface area contributed by atoms with Gasteiger partial charge in [0.25, 0.3) is 5.91 Å². The molecule has 5 N–H and O–H groups in total. The molecule has 2 aromatic heterocycles. The van der Waals surface area contributed by atoms with Crippen LogP contribution in [0.4, 0.5) is 10.7 Å². The molecule has 1 aromatic carbocycles. The Morgan fingerprint density at radius 3 is 2.75 bits per heavy atom. The summed E-state index contributed by atoms with van der Waals surface area (Å²) in [5, 5.41) is 30.6. The number of nitrogens with zero attached hydrogens (tertiary/aromatic N) is 5. The van der Waals surface area contributed by atoms with E-state index in [-0.39, 0.29) is 11.9 Å². The lowest BCUT2D eigenvalue weighted by molar-refractivity contribution is 0.0953. The van der Waals surface area contributed by atoms with E-state index in [9.17, 15) is 9.59 Å². The SMILES string of the molecule is O=C(NCCCNC(=O)c1ccc2nn[nH]c2c1)Nc1nnn[nH]1. The Balaban J connectivity index is 1.36. The van der Waals surface area contributed by atoms with Gasteiger partial charge in [-0.1, -0.05) is 10.3 Å². The van der Waals surface area contributed by atoms with E-state index in [0.717, 1.165) is 0 Å². The third kappa shape index (κ3) is 3.79. The molecule has 3 amide bonds. The number of amides is 3. The number of tetrazole rings is 1. The largest absolute Gasteiger partial charge is 0.352 e. The second kappa shape index (κ2) is 7.13. The number of rotatable bonds is 6. The van der Waals surface area contributed by atoms with Crippen molar-refractivity contribution < 1.29 is 9.59 Å². The molecule has 3 rings (SSSR count). The van der Waals surface area contributed by atoms with E-state index in [2.05, 4.69) is 52.0 Å². The molecule has 0 bridgehead atoms. The zero-order valence-electron chi connectivity index (χ0n) is 12.4. The van der Waals surface area contributed by atoms with Crippen molar-refractivity contribution in [3.8, 4) is 0 Å². The number of carbonyl (C=O) groups is 2. The van der Waals surface area contributed by atoms with Crippen LogP contribution in [0.25, 0.3) is 11.0 Å². The predicted octanol–water partition coefficient (Wildman–Crippen LogP) is -0.587. The van der Waals surface area contributed by atoms with Gasteiger partial charge in [0.2, 0.25) is 5.95 Å². The molecule has 124 valence electrons. The number of aromatic nitrogens is 7. The Morgan fingerprint density at radius 1 is 1.04 bits per heavy atom. The molecule has 2 heterocycles. The average molecular weight is 330 g/mol. The summed E-state index contributed by atoms with van der Waals surface area (Å²) in [4.78, 5) is 23.5. The number of hydrogen-bond donors (Lipinski definition) is 5. The third-order valence-corrected chi connectivity index (χ3v) is 3.09. The number of nitrogens with one attached hydrogen (secondary N) is 5. The van der Waals surface area contributed by atoms with E-state index >= 15 is 0 Å². The van der Waals surface area contributed by atoms with Gasteiger partial charge in [-0.15, -0.1) is 5.10 Å². The number of carbonyl (C=O) groups excluding carboxylic acids is 2. The summed E-state index contributed by atoms with van der Waals surface area (Å²) in [5.74, 6) is -0.0480. The van der Waals surface area contributed by atoms with Crippen molar-refractivity contribution in [1.82, 2.24) is 46.7 Å². The first-order valence-electron chi connectivity index (χ1n) is 7.10. The van der Waals surface area contributed by atoms with Gasteiger partial charge in [0.1, 0.15) is 5.52 Å². The van der Waals surface area contributed by atoms with Crippen molar-refractivity contribution in [2.45, 2.75) is 6.42 Å². The Labute approximate surface area is 134 Å². The number of fused-ring (bicyclic) bond motifs is 1. The summed E-state index contributed by atoms with van der Waals surface area (Å²) < 4.78 is 0. The van der Waals surface area contributed by atoms with Crippen LogP contribution in [0.15, 0.2) is 18.2 Å². The smallest absolute Gasteiger partial charge is 0.321 e. The molecule has 3 aromatic rings. The molecule has 12 nitrogen and oxygen atoms in total. The summed E-state index contributed by atoms with van der Waals surface area (Å²) >= 11 is 0. The Hall–Kier alpha value is -3.57. The normalized spacial score (nSPS) is 10.5. The Morgan fingerprint density at radius 2 is 1.92 bits per heavy atom. The number of anilines is 1. The molecule has 0 spiro atoms. The number of benzene rings is 1. The van der Waals surface area contributed by atoms with Crippen molar-refractivity contribution >= 4 is 28.9 Å². The monoisotopic (exact) mass is 330 g/mol. The Bertz CT molecular complexity index is 827. The fourth-order valence-electron chi connectivity index (χ4n) is 1.94. The van der Waals surface area contributed by atoms with E-state index < -0.39 is 6.03 Å². The minimum absolute atomic E-state index is 0.157. The maximum atomic E-state index is 12.0. The van der Waals surface area contributed by atoms with Crippen LogP contribution < -0.4 is 16.0 Å². The lowest BCUT2D eigenvalue weighted by Gasteiger charge is -2.07. The van der Waals surface area contributed by atoms with Crippen LogP contribution in [-0.4, -0.2) is 61.1 Å². The van der Waals surface area contributed by atoms with Gasteiger partial charge in [-0.05, 0) is 35.0 Å². The number of hydrogen-bond acceptors (Lipinski definition) is 7. The van der Waals surface area contributed by atoms with Crippen molar-refractivity contribution in [2.24, 2.45) is 0 Å². The van der Waals surface area contributed by atoms with Crippen LogP contribution in [0.3, 0.4) is 0 Å². The number of aromatic amines is 2. The lowest BCUT2D eigenvalue weighted by Crippen LogP contribution is -2.32. The van der Waals surface area contributed by atoms with Gasteiger partial charge in [-0.2, -0.15) is 0 Å². The Kier molecular flexibility index (Phi) is 4.55. The first kappa shape index (κ1) is 15.3. The summed E-state index contributed by atoms with van der Waals surface area (Å²) in [7, 11) is 0. The molecule has 12 heteroatoms. The van der Waals surface area contributed by atoms with Gasteiger partial charge in [0.15, 0.2) is 0 Å². The molecule has 0 unspecified atom stereocenters. The maximum Gasteiger partial charge on any atom is 0.321 e. The third-order valence-electron chi connectivity index (χ3n) is 3.09. The molecule has 0 atom stereocenters. The van der Waals surface area contributed by atoms with Crippen LogP contribution in [0, 0.1) is 0 Å². The van der Waals surface area contributed by atoms with Crippen molar-refractivity contribution in [3.63, 3.8) is 0 Å².